The number of phenols is 1. The van der Waals surface area contributed by atoms with Gasteiger partial charge in [-0.3, -0.25) is 4.79 Å². The number of ether oxygens (including phenoxy) is 3. The van der Waals surface area contributed by atoms with Crippen LogP contribution in [0.3, 0.4) is 0 Å². The summed E-state index contributed by atoms with van der Waals surface area (Å²) in [6.07, 6.45) is 2.83. The number of hydrogen-bond acceptors (Lipinski definition) is 6. The molecule has 0 radical (unpaired) electrons. The van der Waals surface area contributed by atoms with Crippen LogP contribution < -0.4 is 19.5 Å². The van der Waals surface area contributed by atoms with Crippen molar-refractivity contribution in [3.05, 3.63) is 53.7 Å². The summed E-state index contributed by atoms with van der Waals surface area (Å²) in [4.78, 5) is 12.4. The van der Waals surface area contributed by atoms with Crippen molar-refractivity contribution in [1.29, 1.82) is 0 Å². The standard InChI is InChI=1S/C19H21NO5/c1-12-5-6-14(16(22)9-12)20-8-7-15(21)13-10-17(23-2)19(25-4)18(11-13)24-3/h5-11,20,22H,1-4H3. The minimum absolute atomic E-state index is 0.116. The molecule has 2 N–H and O–H groups in total. The Bertz CT molecular complexity index is 773. The van der Waals surface area contributed by atoms with E-state index in [1.54, 1.807) is 24.3 Å². The van der Waals surface area contributed by atoms with Gasteiger partial charge in [0.05, 0.1) is 27.0 Å². The SMILES string of the molecule is COc1cc(C(=O)C=CNc2ccc(C)cc2O)cc(OC)c1OC. The molecule has 6 nitrogen and oxygen atoms in total. The smallest absolute Gasteiger partial charge is 0.203 e. The predicted molar refractivity (Wildman–Crippen MR) is 96.0 cm³/mol. The Balaban J connectivity index is 2.20. The molecule has 0 aliphatic carbocycles. The molecular weight excluding hydrogens is 322 g/mol. The molecule has 2 rings (SSSR count). The van der Waals surface area contributed by atoms with Crippen LogP contribution in [0.15, 0.2) is 42.6 Å². The Morgan fingerprint density at radius 3 is 2.20 bits per heavy atom. The maximum absolute atomic E-state index is 12.4. The highest BCUT2D eigenvalue weighted by molar-refractivity contribution is 6.05. The lowest BCUT2D eigenvalue weighted by Crippen LogP contribution is -2.01. The average molecular weight is 343 g/mol. The van der Waals surface area contributed by atoms with Crippen molar-refractivity contribution in [3.8, 4) is 23.0 Å². The van der Waals surface area contributed by atoms with Crippen LogP contribution in [0.1, 0.15) is 15.9 Å². The van der Waals surface area contributed by atoms with E-state index in [1.165, 1.54) is 33.6 Å². The summed E-state index contributed by atoms with van der Waals surface area (Å²) in [6.45, 7) is 1.88. The number of aryl methyl sites for hydroxylation is 1. The highest BCUT2D eigenvalue weighted by Crippen LogP contribution is 2.38. The van der Waals surface area contributed by atoms with Gasteiger partial charge in [0, 0.05) is 17.8 Å². The summed E-state index contributed by atoms with van der Waals surface area (Å²) in [7, 11) is 4.48. The van der Waals surface area contributed by atoms with E-state index in [4.69, 9.17) is 14.2 Å². The zero-order chi connectivity index (χ0) is 18.4. The van der Waals surface area contributed by atoms with Crippen molar-refractivity contribution >= 4 is 11.5 Å². The minimum Gasteiger partial charge on any atom is -0.506 e. The van der Waals surface area contributed by atoms with E-state index in [2.05, 4.69) is 5.32 Å². The molecule has 0 amide bonds. The van der Waals surface area contributed by atoms with Crippen LogP contribution in [0.25, 0.3) is 0 Å². The van der Waals surface area contributed by atoms with Crippen LogP contribution in [-0.4, -0.2) is 32.2 Å². The van der Waals surface area contributed by atoms with Crippen molar-refractivity contribution in [2.24, 2.45) is 0 Å². The van der Waals surface area contributed by atoms with Crippen LogP contribution in [0.2, 0.25) is 0 Å². The molecule has 0 aromatic heterocycles. The molecule has 6 heteroatoms. The molecule has 0 bridgehead atoms. The van der Waals surface area contributed by atoms with E-state index in [9.17, 15) is 9.90 Å². The number of carbonyl (C=O) groups is 1. The number of ketones is 1. The Hall–Kier alpha value is -3.15. The van der Waals surface area contributed by atoms with E-state index in [1.807, 2.05) is 13.0 Å². The summed E-state index contributed by atoms with van der Waals surface area (Å²) in [6, 6.07) is 8.39. The Labute approximate surface area is 146 Å². The van der Waals surface area contributed by atoms with E-state index in [-0.39, 0.29) is 11.5 Å². The zero-order valence-electron chi connectivity index (χ0n) is 14.6. The van der Waals surface area contributed by atoms with Crippen molar-refractivity contribution in [2.45, 2.75) is 6.92 Å². The fourth-order valence-corrected chi connectivity index (χ4v) is 2.29. The number of anilines is 1. The lowest BCUT2D eigenvalue weighted by Gasteiger charge is -2.13. The molecule has 2 aromatic carbocycles. The molecule has 0 spiro atoms. The topological polar surface area (TPSA) is 77.0 Å². The predicted octanol–water partition coefficient (Wildman–Crippen LogP) is 3.53. The number of nitrogens with one attached hydrogen (secondary N) is 1. The van der Waals surface area contributed by atoms with Gasteiger partial charge in [0.1, 0.15) is 5.75 Å². The second-order valence-corrected chi connectivity index (χ2v) is 5.28. The van der Waals surface area contributed by atoms with Crippen LogP contribution >= 0.6 is 0 Å². The summed E-state index contributed by atoms with van der Waals surface area (Å²) in [5, 5.41) is 12.7. The first kappa shape index (κ1) is 18.2. The molecule has 0 fully saturated rings. The number of methoxy groups -OCH3 is 3. The molecule has 132 valence electrons. The fourth-order valence-electron chi connectivity index (χ4n) is 2.29. The van der Waals surface area contributed by atoms with E-state index in [0.717, 1.165) is 5.56 Å². The molecule has 0 atom stereocenters. The van der Waals surface area contributed by atoms with Gasteiger partial charge in [-0.25, -0.2) is 0 Å². The number of hydrogen-bond donors (Lipinski definition) is 2. The molecular formula is C19H21NO5. The van der Waals surface area contributed by atoms with E-state index < -0.39 is 0 Å². The lowest BCUT2D eigenvalue weighted by atomic mass is 10.1. The molecule has 0 heterocycles. The van der Waals surface area contributed by atoms with Crippen molar-refractivity contribution in [3.63, 3.8) is 0 Å². The number of aromatic hydroxyl groups is 1. The molecule has 0 saturated carbocycles. The lowest BCUT2D eigenvalue weighted by molar-refractivity contribution is 0.104. The summed E-state index contributed by atoms with van der Waals surface area (Å²) < 4.78 is 15.7. The maximum Gasteiger partial charge on any atom is 0.203 e. The van der Waals surface area contributed by atoms with Gasteiger partial charge in [-0.15, -0.1) is 0 Å². The van der Waals surface area contributed by atoms with E-state index >= 15 is 0 Å². The molecule has 25 heavy (non-hydrogen) atoms. The molecule has 0 aliphatic heterocycles. The van der Waals surface area contributed by atoms with Gasteiger partial charge >= 0.3 is 0 Å². The molecule has 0 aliphatic rings. The van der Waals surface area contributed by atoms with Gasteiger partial charge in [0.15, 0.2) is 17.3 Å². The Kier molecular flexibility index (Phi) is 5.89. The minimum atomic E-state index is -0.252. The van der Waals surface area contributed by atoms with Crippen LogP contribution in [0, 0.1) is 6.92 Å². The van der Waals surface area contributed by atoms with Crippen molar-refractivity contribution in [1.82, 2.24) is 0 Å². The number of carbonyl (C=O) groups excluding carboxylic acids is 1. The maximum atomic E-state index is 12.4. The summed E-state index contributed by atoms with van der Waals surface area (Å²) >= 11 is 0. The van der Waals surface area contributed by atoms with Gasteiger partial charge in [0.2, 0.25) is 5.75 Å². The molecule has 2 aromatic rings. The third-order valence-electron chi connectivity index (χ3n) is 3.58. The van der Waals surface area contributed by atoms with Crippen LogP contribution in [0.4, 0.5) is 5.69 Å². The third kappa shape index (κ3) is 4.23. The van der Waals surface area contributed by atoms with Crippen molar-refractivity contribution < 1.29 is 24.1 Å². The van der Waals surface area contributed by atoms with Gasteiger partial charge in [-0.1, -0.05) is 6.07 Å². The van der Waals surface area contributed by atoms with Crippen LogP contribution in [-0.2, 0) is 0 Å². The zero-order valence-corrected chi connectivity index (χ0v) is 14.6. The third-order valence-corrected chi connectivity index (χ3v) is 3.58. The first-order valence-electron chi connectivity index (χ1n) is 7.57. The number of rotatable bonds is 7. The fraction of sp³-hybridized carbons (Fsp3) is 0.211. The second-order valence-electron chi connectivity index (χ2n) is 5.28. The van der Waals surface area contributed by atoms with Gasteiger partial charge in [-0.2, -0.15) is 0 Å². The quantitative estimate of drug-likeness (QED) is 0.455. The molecule has 0 unspecified atom stereocenters. The average Bonchev–Trinajstić information content (AvgIpc) is 2.61. The largest absolute Gasteiger partial charge is 0.506 e. The number of allylic oxidation sites excluding steroid dienone is 1. The van der Waals surface area contributed by atoms with Crippen molar-refractivity contribution in [2.75, 3.05) is 26.6 Å². The van der Waals surface area contributed by atoms with Gasteiger partial charge in [0.25, 0.3) is 0 Å². The summed E-state index contributed by atoms with van der Waals surface area (Å²) in [5.74, 6) is 1.10. The van der Waals surface area contributed by atoms with Gasteiger partial charge in [-0.05, 0) is 36.8 Å². The second kappa shape index (κ2) is 8.10. The van der Waals surface area contributed by atoms with E-state index in [0.29, 0.717) is 28.5 Å². The summed E-state index contributed by atoms with van der Waals surface area (Å²) in [5.41, 5.74) is 1.85. The Morgan fingerprint density at radius 1 is 1.04 bits per heavy atom. The normalized spacial score (nSPS) is 10.6. The monoisotopic (exact) mass is 343 g/mol. The number of phenolic OH excluding ortho intramolecular Hbond substituents is 1. The van der Waals surface area contributed by atoms with Gasteiger partial charge < -0.3 is 24.6 Å². The highest BCUT2D eigenvalue weighted by atomic mass is 16.5. The number of benzene rings is 2. The molecule has 0 saturated heterocycles. The van der Waals surface area contributed by atoms with Crippen LogP contribution in [0.5, 0.6) is 23.0 Å². The Morgan fingerprint density at radius 2 is 1.68 bits per heavy atom. The highest BCUT2D eigenvalue weighted by Gasteiger charge is 2.15. The first-order chi connectivity index (χ1) is 12.0. The first-order valence-corrected chi connectivity index (χ1v) is 7.57.